The summed E-state index contributed by atoms with van der Waals surface area (Å²) in [5.74, 6) is -0.0917. The second kappa shape index (κ2) is 5.79. The van der Waals surface area contributed by atoms with Gasteiger partial charge < -0.3 is 14.5 Å². The number of aryl methyl sites for hydroxylation is 1. The maximum Gasteiger partial charge on any atom is 0.257 e. The van der Waals surface area contributed by atoms with Crippen molar-refractivity contribution in [3.63, 3.8) is 0 Å². The molecule has 1 amide bonds. The van der Waals surface area contributed by atoms with Crippen molar-refractivity contribution in [3.05, 3.63) is 23.5 Å². The highest BCUT2D eigenvalue weighted by atomic mass is 16.5. The Kier molecular flexibility index (Phi) is 4.11. The molecule has 6 heteroatoms. The number of rotatable bonds is 5. The maximum absolute atomic E-state index is 12.3. The molecule has 0 aliphatic carbocycles. The number of aliphatic hydroxyl groups is 1. The topological polar surface area (TPSA) is 79.5 Å². The van der Waals surface area contributed by atoms with Gasteiger partial charge in [0.05, 0.1) is 16.6 Å². The summed E-state index contributed by atoms with van der Waals surface area (Å²) in [5.41, 5.74) is 1.67. The lowest BCUT2D eigenvalue weighted by Gasteiger charge is -2.20. The van der Waals surface area contributed by atoms with Crippen LogP contribution < -0.4 is 0 Å². The molecule has 0 bridgehead atoms. The van der Waals surface area contributed by atoms with Gasteiger partial charge in [0.25, 0.3) is 11.6 Å². The second-order valence-electron chi connectivity index (χ2n) is 4.31. The van der Waals surface area contributed by atoms with Gasteiger partial charge in [-0.2, -0.15) is 0 Å². The van der Waals surface area contributed by atoms with E-state index < -0.39 is 0 Å². The summed E-state index contributed by atoms with van der Waals surface area (Å²) < 4.78 is 5.02. The minimum atomic E-state index is -0.0917. The third-order valence-electron chi connectivity index (χ3n) is 3.01. The van der Waals surface area contributed by atoms with Crippen LogP contribution in [0.25, 0.3) is 11.1 Å². The normalized spacial score (nSPS) is 10.9. The second-order valence-corrected chi connectivity index (χ2v) is 4.31. The van der Waals surface area contributed by atoms with Gasteiger partial charge in [-0.05, 0) is 26.3 Å². The number of pyridine rings is 1. The first-order valence-electron chi connectivity index (χ1n) is 6.29. The number of hydrogen-bond donors (Lipinski definition) is 1. The van der Waals surface area contributed by atoms with E-state index in [1.807, 2.05) is 13.8 Å². The summed E-state index contributed by atoms with van der Waals surface area (Å²) in [6.07, 6.45) is 2.07. The van der Waals surface area contributed by atoms with Crippen molar-refractivity contribution in [3.8, 4) is 0 Å². The zero-order valence-electron chi connectivity index (χ0n) is 11.1. The number of fused-ring (bicyclic) bond motifs is 1. The molecule has 0 saturated heterocycles. The number of amides is 1. The van der Waals surface area contributed by atoms with Gasteiger partial charge in [-0.1, -0.05) is 5.16 Å². The van der Waals surface area contributed by atoms with Crippen molar-refractivity contribution in [2.24, 2.45) is 0 Å². The summed E-state index contributed by atoms with van der Waals surface area (Å²) in [4.78, 5) is 18.1. The first-order valence-corrected chi connectivity index (χ1v) is 6.29. The van der Waals surface area contributed by atoms with Gasteiger partial charge in [0, 0.05) is 25.9 Å². The lowest BCUT2D eigenvalue weighted by Crippen LogP contribution is -2.32. The van der Waals surface area contributed by atoms with E-state index in [0.29, 0.717) is 30.8 Å². The monoisotopic (exact) mass is 263 g/mol. The van der Waals surface area contributed by atoms with Gasteiger partial charge in [-0.3, -0.25) is 4.79 Å². The van der Waals surface area contributed by atoms with E-state index in [-0.39, 0.29) is 12.5 Å². The van der Waals surface area contributed by atoms with Crippen LogP contribution in [0.1, 0.15) is 29.4 Å². The molecule has 0 radical (unpaired) electrons. The van der Waals surface area contributed by atoms with Crippen LogP contribution in [0.15, 0.2) is 16.8 Å². The summed E-state index contributed by atoms with van der Waals surface area (Å²) in [6, 6.07) is 1.75. The molecule has 2 rings (SSSR count). The SMILES string of the molecule is CCN(CCCO)C(=O)c1cnc2onc(C)c2c1. The van der Waals surface area contributed by atoms with Crippen LogP contribution in [0.2, 0.25) is 0 Å². The molecular formula is C13H17N3O3. The van der Waals surface area contributed by atoms with Crippen LogP contribution in [0.3, 0.4) is 0 Å². The van der Waals surface area contributed by atoms with Crippen LogP contribution >= 0.6 is 0 Å². The predicted octanol–water partition coefficient (Wildman–Crippen LogP) is 1.38. The molecule has 6 nitrogen and oxygen atoms in total. The molecule has 102 valence electrons. The molecule has 2 aromatic heterocycles. The molecule has 0 aliphatic heterocycles. The number of aliphatic hydroxyl groups excluding tert-OH is 1. The Balaban J connectivity index is 2.26. The minimum absolute atomic E-state index is 0.0752. The van der Waals surface area contributed by atoms with E-state index in [9.17, 15) is 4.79 Å². The number of nitrogens with zero attached hydrogens (tertiary/aromatic N) is 3. The van der Waals surface area contributed by atoms with Gasteiger partial charge in [-0.15, -0.1) is 0 Å². The van der Waals surface area contributed by atoms with Gasteiger partial charge in [0.15, 0.2) is 0 Å². The van der Waals surface area contributed by atoms with Crippen molar-refractivity contribution in [2.45, 2.75) is 20.3 Å². The van der Waals surface area contributed by atoms with Crippen molar-refractivity contribution in [2.75, 3.05) is 19.7 Å². The standard InChI is InChI=1S/C13H17N3O3/c1-3-16(5-4-6-17)13(18)10-7-11-9(2)15-19-12(11)14-8-10/h7-8,17H,3-6H2,1-2H3. The van der Waals surface area contributed by atoms with Crippen molar-refractivity contribution in [1.82, 2.24) is 15.0 Å². The fourth-order valence-corrected chi connectivity index (χ4v) is 1.91. The van der Waals surface area contributed by atoms with Crippen LogP contribution in [0.4, 0.5) is 0 Å². The Hall–Kier alpha value is -1.95. The number of carbonyl (C=O) groups excluding carboxylic acids is 1. The average molecular weight is 263 g/mol. The van der Waals surface area contributed by atoms with E-state index >= 15 is 0 Å². The van der Waals surface area contributed by atoms with Crippen LogP contribution in [0.5, 0.6) is 0 Å². The van der Waals surface area contributed by atoms with Crippen molar-refractivity contribution in [1.29, 1.82) is 0 Å². The lowest BCUT2D eigenvalue weighted by atomic mass is 10.2. The zero-order chi connectivity index (χ0) is 13.8. The Labute approximate surface area is 111 Å². The van der Waals surface area contributed by atoms with Gasteiger partial charge in [-0.25, -0.2) is 4.98 Å². The predicted molar refractivity (Wildman–Crippen MR) is 69.8 cm³/mol. The molecule has 2 heterocycles. The third kappa shape index (κ3) is 2.73. The van der Waals surface area contributed by atoms with Crippen LogP contribution in [-0.4, -0.2) is 45.8 Å². The summed E-state index contributed by atoms with van der Waals surface area (Å²) in [6.45, 7) is 4.93. The number of carbonyl (C=O) groups is 1. The first kappa shape index (κ1) is 13.5. The molecule has 0 unspecified atom stereocenters. The van der Waals surface area contributed by atoms with E-state index in [2.05, 4.69) is 10.1 Å². The Morgan fingerprint density at radius 3 is 3.00 bits per heavy atom. The molecule has 0 saturated carbocycles. The number of hydrogen-bond acceptors (Lipinski definition) is 5. The van der Waals surface area contributed by atoms with Crippen LogP contribution in [0, 0.1) is 6.92 Å². The van der Waals surface area contributed by atoms with E-state index in [1.165, 1.54) is 6.20 Å². The summed E-state index contributed by atoms with van der Waals surface area (Å²) >= 11 is 0. The third-order valence-corrected chi connectivity index (χ3v) is 3.01. The van der Waals surface area contributed by atoms with E-state index in [1.54, 1.807) is 11.0 Å². The molecule has 0 aliphatic rings. The molecule has 0 spiro atoms. The largest absolute Gasteiger partial charge is 0.396 e. The quantitative estimate of drug-likeness (QED) is 0.881. The fourth-order valence-electron chi connectivity index (χ4n) is 1.91. The Bertz CT molecular complexity index is 580. The smallest absolute Gasteiger partial charge is 0.257 e. The van der Waals surface area contributed by atoms with Crippen molar-refractivity contribution >= 4 is 17.0 Å². The van der Waals surface area contributed by atoms with Crippen LogP contribution in [-0.2, 0) is 0 Å². The summed E-state index contributed by atoms with van der Waals surface area (Å²) in [5, 5.41) is 13.4. The summed E-state index contributed by atoms with van der Waals surface area (Å²) in [7, 11) is 0. The Morgan fingerprint density at radius 2 is 2.32 bits per heavy atom. The fraction of sp³-hybridized carbons (Fsp3) is 0.462. The molecule has 0 atom stereocenters. The zero-order valence-corrected chi connectivity index (χ0v) is 11.1. The Morgan fingerprint density at radius 1 is 1.53 bits per heavy atom. The van der Waals surface area contributed by atoms with Gasteiger partial charge in [0.1, 0.15) is 0 Å². The number of aromatic nitrogens is 2. The molecule has 0 aromatic carbocycles. The average Bonchev–Trinajstić information content (AvgIpc) is 2.80. The lowest BCUT2D eigenvalue weighted by molar-refractivity contribution is 0.0754. The van der Waals surface area contributed by atoms with Crippen molar-refractivity contribution < 1.29 is 14.4 Å². The highest BCUT2D eigenvalue weighted by molar-refractivity contribution is 5.97. The molecule has 2 aromatic rings. The molecule has 19 heavy (non-hydrogen) atoms. The molecule has 1 N–H and O–H groups in total. The first-order chi connectivity index (χ1) is 9.17. The molecular weight excluding hydrogens is 246 g/mol. The highest BCUT2D eigenvalue weighted by Crippen LogP contribution is 2.17. The van der Waals surface area contributed by atoms with E-state index in [0.717, 1.165) is 11.1 Å². The molecule has 0 fully saturated rings. The van der Waals surface area contributed by atoms with Gasteiger partial charge in [0.2, 0.25) is 0 Å². The minimum Gasteiger partial charge on any atom is -0.396 e. The maximum atomic E-state index is 12.3. The highest BCUT2D eigenvalue weighted by Gasteiger charge is 2.16. The van der Waals surface area contributed by atoms with Gasteiger partial charge >= 0.3 is 0 Å². The van der Waals surface area contributed by atoms with E-state index in [4.69, 9.17) is 9.63 Å².